The molecular formula is C22H47N3O5Si2. The Morgan fingerprint density at radius 2 is 1.31 bits per heavy atom. The molecule has 8 nitrogen and oxygen atoms in total. The van der Waals surface area contributed by atoms with Crippen LogP contribution in [0.2, 0.25) is 36.3 Å². The number of nitrogens with one attached hydrogen (secondary N) is 2. The predicted molar refractivity (Wildman–Crippen MR) is 134 cm³/mol. The van der Waals surface area contributed by atoms with E-state index in [4.69, 9.17) is 19.3 Å². The first-order chi connectivity index (χ1) is 15.1. The van der Waals surface area contributed by atoms with Crippen LogP contribution in [0.3, 0.4) is 0 Å². The minimum absolute atomic E-state index is 0.214. The molecule has 1 fully saturated rings. The van der Waals surface area contributed by atoms with E-state index in [0.29, 0.717) is 0 Å². The molecule has 10 heteroatoms. The van der Waals surface area contributed by atoms with Crippen LogP contribution in [-0.2, 0) is 23.2 Å². The molecule has 0 aliphatic carbocycles. The molecule has 1 rings (SSSR count). The topological polar surface area (TPSA) is 112 Å². The molecule has 0 aromatic rings. The van der Waals surface area contributed by atoms with E-state index in [0.717, 1.165) is 36.3 Å². The van der Waals surface area contributed by atoms with E-state index < -0.39 is 47.1 Å². The molecule has 0 aromatic carbocycles. The number of rotatable bonds is 13. The van der Waals surface area contributed by atoms with Crippen molar-refractivity contribution in [2.45, 2.75) is 115 Å². The van der Waals surface area contributed by atoms with Gasteiger partial charge in [-0.3, -0.25) is 9.59 Å². The van der Waals surface area contributed by atoms with Crippen LogP contribution in [0.15, 0.2) is 0 Å². The van der Waals surface area contributed by atoms with Crippen LogP contribution in [0.5, 0.6) is 0 Å². The molecule has 32 heavy (non-hydrogen) atoms. The van der Waals surface area contributed by atoms with Crippen molar-refractivity contribution in [3.63, 3.8) is 0 Å². The lowest BCUT2D eigenvalue weighted by atomic mass is 9.92. The van der Waals surface area contributed by atoms with Crippen molar-refractivity contribution < 1.29 is 23.2 Å². The lowest BCUT2D eigenvalue weighted by molar-refractivity contribution is -0.181. The van der Waals surface area contributed by atoms with Crippen molar-refractivity contribution in [1.29, 1.82) is 0 Å². The highest BCUT2D eigenvalue weighted by Crippen LogP contribution is 2.35. The quantitative estimate of drug-likeness (QED) is 0.343. The summed E-state index contributed by atoms with van der Waals surface area (Å²) < 4.78 is 20.2. The number of ether oxygens (including phenoxy) is 1. The number of carbonyl (C=O) groups excluding carboxylic acids is 2. The van der Waals surface area contributed by atoms with Crippen molar-refractivity contribution in [3.8, 4) is 0 Å². The van der Waals surface area contributed by atoms with Crippen molar-refractivity contribution in [2.24, 2.45) is 5.73 Å². The van der Waals surface area contributed by atoms with Gasteiger partial charge in [0.15, 0.2) is 22.7 Å². The van der Waals surface area contributed by atoms with Crippen molar-refractivity contribution in [3.05, 3.63) is 0 Å². The summed E-state index contributed by atoms with van der Waals surface area (Å²) in [5.41, 5.74) is 6.16. The SMILES string of the molecule is CC[Si](CC)(CC)O[C@@H]1[C@@H](NC(C)=O)[C@H](C(=O)NC)O[C@H](CN)[C@H]1O[Si](CC)(CC)CC. The summed E-state index contributed by atoms with van der Waals surface area (Å²) in [6.07, 6.45) is -2.30. The molecule has 2 amide bonds. The van der Waals surface area contributed by atoms with Crippen LogP contribution in [-0.4, -0.2) is 72.5 Å². The lowest BCUT2D eigenvalue weighted by Crippen LogP contribution is -2.71. The highest BCUT2D eigenvalue weighted by Gasteiger charge is 2.53. The zero-order chi connectivity index (χ0) is 24.5. The van der Waals surface area contributed by atoms with Gasteiger partial charge in [0.1, 0.15) is 0 Å². The van der Waals surface area contributed by atoms with E-state index in [-0.39, 0.29) is 18.4 Å². The zero-order valence-corrected chi connectivity index (χ0v) is 23.5. The van der Waals surface area contributed by atoms with Gasteiger partial charge in [-0.1, -0.05) is 41.5 Å². The number of hydrogen-bond donors (Lipinski definition) is 3. The molecule has 1 aliphatic heterocycles. The molecule has 4 N–H and O–H groups in total. The van der Waals surface area contributed by atoms with Crippen LogP contribution in [0.25, 0.3) is 0 Å². The van der Waals surface area contributed by atoms with Crippen LogP contribution >= 0.6 is 0 Å². The standard InChI is InChI=1S/C22H47N3O5Si2/c1-9-31(10-2,11-3)29-19-17(15-23)28-21(22(27)24-8)18(25-16(7)26)20(19)30-32(12-4,13-5)14-6/h17-21H,9-15,23H2,1-8H3,(H,24,27)(H,25,26)/t17-,18-,19-,20-,21-/m1/s1. The Bertz CT molecular complexity index is 586. The summed E-state index contributed by atoms with van der Waals surface area (Å²) in [5.74, 6) is -0.524. The monoisotopic (exact) mass is 489 g/mol. The van der Waals surface area contributed by atoms with Crippen molar-refractivity contribution >= 4 is 28.4 Å². The Morgan fingerprint density at radius 1 is 0.875 bits per heavy atom. The fraction of sp³-hybridized carbons (Fsp3) is 0.909. The third-order valence-electron chi connectivity index (χ3n) is 7.44. The van der Waals surface area contributed by atoms with Gasteiger partial charge in [-0.2, -0.15) is 0 Å². The van der Waals surface area contributed by atoms with Gasteiger partial charge in [0.2, 0.25) is 5.91 Å². The van der Waals surface area contributed by atoms with E-state index in [1.54, 1.807) is 7.05 Å². The first-order valence-corrected chi connectivity index (χ1v) is 17.4. The largest absolute Gasteiger partial charge is 0.409 e. The third-order valence-corrected chi connectivity index (χ3v) is 16.7. The second kappa shape index (κ2) is 13.2. The van der Waals surface area contributed by atoms with Gasteiger partial charge in [0.05, 0.1) is 24.4 Å². The molecule has 1 heterocycles. The maximum Gasteiger partial charge on any atom is 0.251 e. The minimum Gasteiger partial charge on any atom is -0.409 e. The number of likely N-dealkylation sites (N-methyl/N-ethyl adjacent to an activating group) is 1. The summed E-state index contributed by atoms with van der Waals surface area (Å²) in [6.45, 7) is 14.7. The maximum atomic E-state index is 12.8. The van der Waals surface area contributed by atoms with Crippen LogP contribution in [0, 0.1) is 0 Å². The smallest absolute Gasteiger partial charge is 0.251 e. The number of carbonyl (C=O) groups is 2. The molecule has 1 aliphatic rings. The van der Waals surface area contributed by atoms with E-state index in [2.05, 4.69) is 52.2 Å². The number of hydrogen-bond acceptors (Lipinski definition) is 6. The molecule has 0 unspecified atom stereocenters. The van der Waals surface area contributed by atoms with Gasteiger partial charge in [0, 0.05) is 20.5 Å². The van der Waals surface area contributed by atoms with E-state index in [1.807, 2.05) is 0 Å². The molecule has 0 aromatic heterocycles. The summed E-state index contributed by atoms with van der Waals surface area (Å²) in [7, 11) is -2.59. The zero-order valence-electron chi connectivity index (χ0n) is 21.5. The molecule has 188 valence electrons. The van der Waals surface area contributed by atoms with Crippen molar-refractivity contribution in [2.75, 3.05) is 13.6 Å². The van der Waals surface area contributed by atoms with Crippen LogP contribution in [0.4, 0.5) is 0 Å². The second-order valence-electron chi connectivity index (χ2n) is 8.82. The van der Waals surface area contributed by atoms with E-state index in [9.17, 15) is 9.59 Å². The predicted octanol–water partition coefficient (Wildman–Crippen LogP) is 2.74. The Hall–Kier alpha value is -0.786. The molecule has 1 saturated heterocycles. The molecule has 0 bridgehead atoms. The van der Waals surface area contributed by atoms with E-state index in [1.165, 1.54) is 6.92 Å². The number of nitrogens with two attached hydrogens (primary N) is 1. The summed E-state index contributed by atoms with van der Waals surface area (Å²) in [6, 6.07) is 5.13. The molecule has 5 atom stereocenters. The fourth-order valence-electron chi connectivity index (χ4n) is 4.75. The van der Waals surface area contributed by atoms with E-state index >= 15 is 0 Å². The maximum absolute atomic E-state index is 12.8. The Morgan fingerprint density at radius 3 is 1.66 bits per heavy atom. The summed E-state index contributed by atoms with van der Waals surface area (Å²) >= 11 is 0. The minimum atomic E-state index is -2.11. The fourth-order valence-corrected chi connectivity index (χ4v) is 10.5. The van der Waals surface area contributed by atoms with Gasteiger partial charge in [-0.05, 0) is 36.3 Å². The Kier molecular flexibility index (Phi) is 12.1. The first-order valence-electron chi connectivity index (χ1n) is 12.4. The normalized spacial score (nSPS) is 26.6. The number of amides is 2. The average Bonchev–Trinajstić information content (AvgIpc) is 2.81. The lowest BCUT2D eigenvalue weighted by Gasteiger charge is -2.51. The molecule has 0 radical (unpaired) electrons. The van der Waals surface area contributed by atoms with Gasteiger partial charge in [-0.25, -0.2) is 0 Å². The van der Waals surface area contributed by atoms with Gasteiger partial charge >= 0.3 is 0 Å². The van der Waals surface area contributed by atoms with Gasteiger partial charge in [0.25, 0.3) is 5.91 Å². The second-order valence-corrected chi connectivity index (χ2v) is 18.3. The Labute approximate surface area is 197 Å². The van der Waals surface area contributed by atoms with Gasteiger partial charge < -0.3 is 30.0 Å². The molecule has 0 saturated carbocycles. The summed E-state index contributed by atoms with van der Waals surface area (Å²) in [5, 5.41) is 5.65. The highest BCUT2D eigenvalue weighted by atomic mass is 28.4. The molecular weight excluding hydrogens is 442 g/mol. The molecule has 0 spiro atoms. The van der Waals surface area contributed by atoms with Crippen LogP contribution in [0.1, 0.15) is 48.5 Å². The third kappa shape index (κ3) is 6.63. The highest BCUT2D eigenvalue weighted by molar-refractivity contribution is 6.74. The average molecular weight is 490 g/mol. The summed E-state index contributed by atoms with van der Waals surface area (Å²) in [4.78, 5) is 25.0. The van der Waals surface area contributed by atoms with Crippen molar-refractivity contribution in [1.82, 2.24) is 10.6 Å². The Balaban J connectivity index is 3.61. The van der Waals surface area contributed by atoms with Gasteiger partial charge in [-0.15, -0.1) is 0 Å². The first kappa shape index (κ1) is 29.2. The van der Waals surface area contributed by atoms with Crippen LogP contribution < -0.4 is 16.4 Å².